The second-order valence-corrected chi connectivity index (χ2v) is 6.78. The zero-order valence-corrected chi connectivity index (χ0v) is 15.3. The Labute approximate surface area is 158 Å². The van der Waals surface area contributed by atoms with Crippen LogP contribution in [0.2, 0.25) is 0 Å². The summed E-state index contributed by atoms with van der Waals surface area (Å²) in [5.41, 5.74) is 0.958. The van der Waals surface area contributed by atoms with E-state index in [0.29, 0.717) is 42.3 Å². The Bertz CT molecular complexity index is 821. The smallest absolute Gasteiger partial charge is 0.230 e. The van der Waals surface area contributed by atoms with Gasteiger partial charge in [-0.1, -0.05) is 18.9 Å². The van der Waals surface area contributed by atoms with E-state index in [0.717, 1.165) is 39.0 Å². The lowest BCUT2D eigenvalue weighted by atomic mass is 10.2. The van der Waals surface area contributed by atoms with Crippen molar-refractivity contribution in [3.8, 4) is 17.6 Å². The SMILES string of the molecule is N#Cc1cccc(-c2nc(N3CCCCCC3)nc(N3CCOCC3)n2)n1. The van der Waals surface area contributed by atoms with E-state index in [2.05, 4.69) is 25.8 Å². The van der Waals surface area contributed by atoms with Crippen LogP contribution in [0.15, 0.2) is 18.2 Å². The molecule has 0 N–H and O–H groups in total. The molecule has 2 aliphatic heterocycles. The summed E-state index contributed by atoms with van der Waals surface area (Å²) in [7, 11) is 0. The van der Waals surface area contributed by atoms with Crippen molar-refractivity contribution in [2.75, 3.05) is 49.2 Å². The summed E-state index contributed by atoms with van der Waals surface area (Å²) < 4.78 is 5.46. The number of rotatable bonds is 3. The average Bonchev–Trinajstić information content (AvgIpc) is 3.04. The molecule has 4 rings (SSSR count). The number of nitrogens with zero attached hydrogens (tertiary/aromatic N) is 7. The maximum Gasteiger partial charge on any atom is 0.230 e. The minimum absolute atomic E-state index is 0.358. The van der Waals surface area contributed by atoms with Gasteiger partial charge in [0.1, 0.15) is 17.5 Å². The Balaban J connectivity index is 1.74. The van der Waals surface area contributed by atoms with Gasteiger partial charge in [0.25, 0.3) is 0 Å². The molecule has 2 aromatic rings. The molecule has 0 radical (unpaired) electrons. The first kappa shape index (κ1) is 17.6. The van der Waals surface area contributed by atoms with Crippen LogP contribution in [0.1, 0.15) is 31.4 Å². The number of hydrogen-bond acceptors (Lipinski definition) is 8. The van der Waals surface area contributed by atoms with Crippen molar-refractivity contribution < 1.29 is 4.74 Å². The number of pyridine rings is 1. The summed E-state index contributed by atoms with van der Waals surface area (Å²) >= 11 is 0. The number of anilines is 2. The topological polar surface area (TPSA) is 91.1 Å². The van der Waals surface area contributed by atoms with E-state index >= 15 is 0 Å². The average molecular weight is 365 g/mol. The standard InChI is InChI=1S/C19H23N7O/c20-14-15-6-5-7-16(21-15)17-22-18(25-8-3-1-2-4-9-25)24-19(23-17)26-10-12-27-13-11-26/h5-7H,1-4,8-13H2. The zero-order chi connectivity index (χ0) is 18.5. The van der Waals surface area contributed by atoms with E-state index in [1.807, 2.05) is 12.1 Å². The van der Waals surface area contributed by atoms with Gasteiger partial charge in [-0.2, -0.15) is 20.2 Å². The zero-order valence-electron chi connectivity index (χ0n) is 15.3. The summed E-state index contributed by atoms with van der Waals surface area (Å²) in [6.45, 7) is 4.77. The van der Waals surface area contributed by atoms with Gasteiger partial charge in [0.2, 0.25) is 11.9 Å². The fourth-order valence-electron chi connectivity index (χ4n) is 3.41. The lowest BCUT2D eigenvalue weighted by Crippen LogP contribution is -2.38. The maximum absolute atomic E-state index is 9.16. The molecule has 2 aromatic heterocycles. The summed E-state index contributed by atoms with van der Waals surface area (Å²) in [5, 5.41) is 9.16. The highest BCUT2D eigenvalue weighted by Gasteiger charge is 2.21. The van der Waals surface area contributed by atoms with E-state index in [4.69, 9.17) is 20.0 Å². The van der Waals surface area contributed by atoms with Crippen molar-refractivity contribution in [1.82, 2.24) is 19.9 Å². The highest BCUT2D eigenvalue weighted by atomic mass is 16.5. The molecule has 0 unspecified atom stereocenters. The summed E-state index contributed by atoms with van der Waals surface area (Å²) in [5.74, 6) is 1.88. The fraction of sp³-hybridized carbons (Fsp3) is 0.526. The maximum atomic E-state index is 9.16. The molecule has 2 fully saturated rings. The monoisotopic (exact) mass is 365 g/mol. The van der Waals surface area contributed by atoms with Crippen LogP contribution in [0.4, 0.5) is 11.9 Å². The van der Waals surface area contributed by atoms with Gasteiger partial charge in [-0.15, -0.1) is 0 Å². The van der Waals surface area contributed by atoms with E-state index < -0.39 is 0 Å². The molecule has 8 nitrogen and oxygen atoms in total. The quantitative estimate of drug-likeness (QED) is 0.816. The summed E-state index contributed by atoms with van der Waals surface area (Å²) in [4.78, 5) is 22.9. The van der Waals surface area contributed by atoms with Gasteiger partial charge in [-0.05, 0) is 25.0 Å². The van der Waals surface area contributed by atoms with Crippen LogP contribution < -0.4 is 9.80 Å². The minimum Gasteiger partial charge on any atom is -0.378 e. The van der Waals surface area contributed by atoms with Gasteiger partial charge in [0.05, 0.1) is 13.2 Å². The van der Waals surface area contributed by atoms with Crippen LogP contribution in [0.5, 0.6) is 0 Å². The van der Waals surface area contributed by atoms with E-state index in [1.165, 1.54) is 12.8 Å². The number of aromatic nitrogens is 4. The molecule has 0 amide bonds. The molecule has 140 valence electrons. The molecule has 2 saturated heterocycles. The summed E-state index contributed by atoms with van der Waals surface area (Å²) in [6.07, 6.45) is 4.79. The Morgan fingerprint density at radius 2 is 1.48 bits per heavy atom. The van der Waals surface area contributed by atoms with Crippen LogP contribution in [0.25, 0.3) is 11.5 Å². The predicted molar refractivity (Wildman–Crippen MR) is 101 cm³/mol. The van der Waals surface area contributed by atoms with E-state index in [1.54, 1.807) is 6.07 Å². The fourth-order valence-corrected chi connectivity index (χ4v) is 3.41. The molecule has 0 bridgehead atoms. The van der Waals surface area contributed by atoms with Crippen molar-refractivity contribution in [3.05, 3.63) is 23.9 Å². The van der Waals surface area contributed by atoms with Crippen molar-refractivity contribution in [1.29, 1.82) is 5.26 Å². The molecule has 0 aromatic carbocycles. The molecule has 0 spiro atoms. The molecule has 0 aliphatic carbocycles. The van der Waals surface area contributed by atoms with Crippen LogP contribution in [0, 0.1) is 11.3 Å². The van der Waals surface area contributed by atoms with Crippen molar-refractivity contribution >= 4 is 11.9 Å². The van der Waals surface area contributed by atoms with Crippen molar-refractivity contribution in [2.45, 2.75) is 25.7 Å². The van der Waals surface area contributed by atoms with Crippen LogP contribution in [-0.2, 0) is 4.74 Å². The third-order valence-corrected chi connectivity index (χ3v) is 4.89. The van der Waals surface area contributed by atoms with Crippen molar-refractivity contribution in [2.24, 2.45) is 0 Å². The molecule has 27 heavy (non-hydrogen) atoms. The minimum atomic E-state index is 0.358. The predicted octanol–water partition coefficient (Wildman–Crippen LogP) is 2.02. The normalized spacial score (nSPS) is 18.0. The Morgan fingerprint density at radius 3 is 2.15 bits per heavy atom. The van der Waals surface area contributed by atoms with Gasteiger partial charge in [-0.25, -0.2) is 4.98 Å². The second kappa shape index (κ2) is 8.27. The Morgan fingerprint density at radius 1 is 0.815 bits per heavy atom. The van der Waals surface area contributed by atoms with Crippen molar-refractivity contribution in [3.63, 3.8) is 0 Å². The number of nitriles is 1. The molecule has 0 saturated carbocycles. The lowest BCUT2D eigenvalue weighted by Gasteiger charge is -2.28. The first-order valence-electron chi connectivity index (χ1n) is 9.55. The molecule has 8 heteroatoms. The van der Waals surface area contributed by atoms with E-state index in [-0.39, 0.29) is 0 Å². The third-order valence-electron chi connectivity index (χ3n) is 4.89. The van der Waals surface area contributed by atoms with E-state index in [9.17, 15) is 0 Å². The number of morpholine rings is 1. The highest BCUT2D eigenvalue weighted by Crippen LogP contribution is 2.23. The van der Waals surface area contributed by atoms with Gasteiger partial charge in [-0.3, -0.25) is 0 Å². The van der Waals surface area contributed by atoms with Crippen LogP contribution in [-0.4, -0.2) is 59.3 Å². The largest absolute Gasteiger partial charge is 0.378 e. The van der Waals surface area contributed by atoms with Gasteiger partial charge in [0.15, 0.2) is 5.82 Å². The van der Waals surface area contributed by atoms with Gasteiger partial charge >= 0.3 is 0 Å². The first-order chi connectivity index (χ1) is 13.3. The second-order valence-electron chi connectivity index (χ2n) is 6.78. The summed E-state index contributed by atoms with van der Waals surface area (Å²) in [6, 6.07) is 7.41. The molecule has 2 aliphatic rings. The molecular weight excluding hydrogens is 342 g/mol. The van der Waals surface area contributed by atoms with Crippen LogP contribution in [0.3, 0.4) is 0 Å². The highest BCUT2D eigenvalue weighted by molar-refractivity contribution is 5.55. The Kier molecular flexibility index (Phi) is 5.39. The third kappa shape index (κ3) is 4.14. The molecular formula is C19H23N7O. The van der Waals surface area contributed by atoms with Gasteiger partial charge < -0.3 is 14.5 Å². The molecule has 4 heterocycles. The Hall–Kier alpha value is -2.79. The van der Waals surface area contributed by atoms with Gasteiger partial charge in [0, 0.05) is 26.2 Å². The molecule has 0 atom stereocenters. The van der Waals surface area contributed by atoms with Crippen LogP contribution >= 0.6 is 0 Å². The number of ether oxygens (including phenoxy) is 1. The lowest BCUT2D eigenvalue weighted by molar-refractivity contribution is 0.122. The number of hydrogen-bond donors (Lipinski definition) is 0. The first-order valence-corrected chi connectivity index (χ1v) is 9.55.